The molecule has 0 aliphatic carbocycles. The second-order valence-electron chi connectivity index (χ2n) is 3.88. The minimum absolute atomic E-state index is 0.372. The van der Waals surface area contributed by atoms with Gasteiger partial charge in [0, 0.05) is 11.1 Å². The van der Waals surface area contributed by atoms with E-state index in [9.17, 15) is 4.79 Å². The number of halogens is 1. The van der Waals surface area contributed by atoms with E-state index < -0.39 is 0 Å². The zero-order valence-electron chi connectivity index (χ0n) is 10.2. The van der Waals surface area contributed by atoms with Crippen molar-refractivity contribution in [3.8, 4) is 22.9 Å². The number of rotatable bonds is 3. The van der Waals surface area contributed by atoms with E-state index in [1.54, 1.807) is 43.5 Å². The van der Waals surface area contributed by atoms with E-state index in [-0.39, 0.29) is 0 Å². The second-order valence-corrected chi connectivity index (χ2v) is 4.29. The lowest BCUT2D eigenvalue weighted by Crippen LogP contribution is -1.90. The summed E-state index contributed by atoms with van der Waals surface area (Å²) in [6.07, 6.45) is 0.703. The summed E-state index contributed by atoms with van der Waals surface area (Å²) < 4.78 is 5.27. The number of benzene rings is 2. The van der Waals surface area contributed by atoms with Crippen molar-refractivity contribution in [2.45, 2.75) is 0 Å². The van der Waals surface area contributed by atoms with Gasteiger partial charge in [0.25, 0.3) is 0 Å². The molecule has 0 saturated heterocycles. The topological polar surface area (TPSA) is 50.1 Å². The zero-order chi connectivity index (χ0) is 13.8. The van der Waals surface area contributed by atoms with E-state index in [0.717, 1.165) is 11.1 Å². The molecule has 94 valence electrons. The van der Waals surface area contributed by atoms with Crippen molar-refractivity contribution < 1.29 is 9.53 Å². The quantitative estimate of drug-likeness (QED) is 0.800. The van der Waals surface area contributed by atoms with Crippen LogP contribution in [0, 0.1) is 11.3 Å². The van der Waals surface area contributed by atoms with Crippen molar-refractivity contribution in [1.82, 2.24) is 0 Å². The Morgan fingerprint density at radius 2 is 2.05 bits per heavy atom. The molecule has 0 amide bonds. The van der Waals surface area contributed by atoms with Crippen molar-refractivity contribution >= 4 is 17.9 Å². The number of nitriles is 1. The predicted octanol–water partition coefficient (Wildman–Crippen LogP) is 3.70. The standard InChI is InChI=1S/C15H10ClNO2/c1-19-15-5-2-10(8-17)6-13(15)11-3-4-12(9-18)14(16)7-11/h2-7,9H,1H3. The van der Waals surface area contributed by atoms with Gasteiger partial charge in [0.15, 0.2) is 6.29 Å². The highest BCUT2D eigenvalue weighted by molar-refractivity contribution is 6.33. The number of ether oxygens (including phenoxy) is 1. The van der Waals surface area contributed by atoms with Gasteiger partial charge in [-0.3, -0.25) is 4.79 Å². The Kier molecular flexibility index (Phi) is 3.84. The van der Waals surface area contributed by atoms with E-state index in [0.29, 0.717) is 28.2 Å². The average molecular weight is 272 g/mol. The van der Waals surface area contributed by atoms with Gasteiger partial charge in [-0.25, -0.2) is 0 Å². The fourth-order valence-corrected chi connectivity index (χ4v) is 2.02. The lowest BCUT2D eigenvalue weighted by atomic mass is 10.0. The van der Waals surface area contributed by atoms with Crippen LogP contribution in [0.5, 0.6) is 5.75 Å². The second kappa shape index (κ2) is 5.55. The van der Waals surface area contributed by atoms with Crippen molar-refractivity contribution in [3.05, 3.63) is 52.5 Å². The van der Waals surface area contributed by atoms with E-state index in [1.807, 2.05) is 0 Å². The summed E-state index contributed by atoms with van der Waals surface area (Å²) >= 11 is 6.01. The summed E-state index contributed by atoms with van der Waals surface area (Å²) in [5.41, 5.74) is 2.53. The fourth-order valence-electron chi connectivity index (χ4n) is 1.79. The molecule has 0 aliphatic rings. The molecule has 0 radical (unpaired) electrons. The van der Waals surface area contributed by atoms with Gasteiger partial charge in [0.1, 0.15) is 5.75 Å². The maximum atomic E-state index is 10.7. The van der Waals surface area contributed by atoms with Gasteiger partial charge in [-0.15, -0.1) is 0 Å². The Bertz CT molecular complexity index is 674. The smallest absolute Gasteiger partial charge is 0.151 e. The van der Waals surface area contributed by atoms with Gasteiger partial charge in [-0.05, 0) is 35.9 Å². The van der Waals surface area contributed by atoms with Crippen LogP contribution in [0.1, 0.15) is 15.9 Å². The van der Waals surface area contributed by atoms with Gasteiger partial charge in [-0.2, -0.15) is 5.26 Å². The molecule has 0 unspecified atom stereocenters. The summed E-state index contributed by atoms with van der Waals surface area (Å²) in [6, 6.07) is 12.3. The van der Waals surface area contributed by atoms with Crippen LogP contribution in [-0.2, 0) is 0 Å². The van der Waals surface area contributed by atoms with Crippen molar-refractivity contribution in [2.24, 2.45) is 0 Å². The molecule has 0 heterocycles. The molecule has 0 N–H and O–H groups in total. The van der Waals surface area contributed by atoms with E-state index in [4.69, 9.17) is 21.6 Å². The summed E-state index contributed by atoms with van der Waals surface area (Å²) in [5.74, 6) is 0.647. The normalized spacial score (nSPS) is 9.74. The number of aldehydes is 1. The molecule has 0 bridgehead atoms. The largest absolute Gasteiger partial charge is 0.496 e. The molecule has 0 saturated carbocycles. The van der Waals surface area contributed by atoms with Crippen molar-refractivity contribution in [2.75, 3.05) is 7.11 Å². The number of carbonyl (C=O) groups is 1. The maximum Gasteiger partial charge on any atom is 0.151 e. The SMILES string of the molecule is COc1ccc(C#N)cc1-c1ccc(C=O)c(Cl)c1. The van der Waals surface area contributed by atoms with Gasteiger partial charge >= 0.3 is 0 Å². The average Bonchev–Trinajstić information content (AvgIpc) is 2.46. The first-order valence-electron chi connectivity index (χ1n) is 5.53. The minimum atomic E-state index is 0.372. The first kappa shape index (κ1) is 13.1. The molecule has 0 aromatic heterocycles. The predicted molar refractivity (Wildman–Crippen MR) is 73.5 cm³/mol. The summed E-state index contributed by atoms with van der Waals surface area (Å²) in [6.45, 7) is 0. The molecule has 0 atom stereocenters. The first-order valence-corrected chi connectivity index (χ1v) is 5.90. The Morgan fingerprint density at radius 1 is 1.26 bits per heavy atom. The third-order valence-electron chi connectivity index (χ3n) is 2.77. The van der Waals surface area contributed by atoms with Crippen LogP contribution in [0.15, 0.2) is 36.4 Å². The third-order valence-corrected chi connectivity index (χ3v) is 3.09. The van der Waals surface area contributed by atoms with Crippen LogP contribution in [-0.4, -0.2) is 13.4 Å². The molecule has 3 nitrogen and oxygen atoms in total. The highest BCUT2D eigenvalue weighted by Gasteiger charge is 2.09. The van der Waals surface area contributed by atoms with Gasteiger partial charge < -0.3 is 4.74 Å². The molecule has 0 spiro atoms. The van der Waals surface area contributed by atoms with Gasteiger partial charge in [0.05, 0.1) is 23.8 Å². The number of methoxy groups -OCH3 is 1. The molecular formula is C15H10ClNO2. The van der Waals surface area contributed by atoms with Crippen LogP contribution in [0.3, 0.4) is 0 Å². The van der Waals surface area contributed by atoms with Crippen LogP contribution < -0.4 is 4.74 Å². The zero-order valence-corrected chi connectivity index (χ0v) is 10.9. The van der Waals surface area contributed by atoms with Crippen LogP contribution in [0.25, 0.3) is 11.1 Å². The molecule has 19 heavy (non-hydrogen) atoms. The van der Waals surface area contributed by atoms with Crippen molar-refractivity contribution in [1.29, 1.82) is 5.26 Å². The summed E-state index contributed by atoms with van der Waals surface area (Å²) in [4.78, 5) is 10.7. The Labute approximate surface area is 116 Å². The number of carbonyl (C=O) groups excluding carboxylic acids is 1. The van der Waals surface area contributed by atoms with Crippen LogP contribution >= 0.6 is 11.6 Å². The Hall–Kier alpha value is -2.31. The lowest BCUT2D eigenvalue weighted by molar-refractivity contribution is 0.112. The fraction of sp³-hybridized carbons (Fsp3) is 0.0667. The van der Waals surface area contributed by atoms with Crippen LogP contribution in [0.4, 0.5) is 0 Å². The number of nitrogens with zero attached hydrogens (tertiary/aromatic N) is 1. The van der Waals surface area contributed by atoms with Crippen LogP contribution in [0.2, 0.25) is 5.02 Å². The molecule has 2 rings (SSSR count). The highest BCUT2D eigenvalue weighted by atomic mass is 35.5. The van der Waals surface area contributed by atoms with Gasteiger partial charge in [0.2, 0.25) is 0 Å². The molecule has 0 aliphatic heterocycles. The van der Waals surface area contributed by atoms with Gasteiger partial charge in [-0.1, -0.05) is 17.7 Å². The lowest BCUT2D eigenvalue weighted by Gasteiger charge is -2.10. The Morgan fingerprint density at radius 3 is 2.63 bits per heavy atom. The monoisotopic (exact) mass is 271 g/mol. The molecule has 2 aromatic rings. The molecule has 4 heteroatoms. The minimum Gasteiger partial charge on any atom is -0.496 e. The van der Waals surface area contributed by atoms with E-state index in [2.05, 4.69) is 6.07 Å². The first-order chi connectivity index (χ1) is 9.19. The Balaban J connectivity index is 2.60. The molecule has 0 fully saturated rings. The summed E-state index contributed by atoms with van der Waals surface area (Å²) in [7, 11) is 1.56. The third kappa shape index (κ3) is 2.59. The molecular weight excluding hydrogens is 262 g/mol. The van der Waals surface area contributed by atoms with Crippen molar-refractivity contribution in [3.63, 3.8) is 0 Å². The van der Waals surface area contributed by atoms with E-state index >= 15 is 0 Å². The number of hydrogen-bond acceptors (Lipinski definition) is 3. The maximum absolute atomic E-state index is 10.7. The number of hydrogen-bond donors (Lipinski definition) is 0. The van der Waals surface area contributed by atoms with E-state index in [1.165, 1.54) is 0 Å². The summed E-state index contributed by atoms with van der Waals surface area (Å²) in [5, 5.41) is 9.32. The highest BCUT2D eigenvalue weighted by Crippen LogP contribution is 2.33. The molecule has 2 aromatic carbocycles.